The largest absolute Gasteiger partial charge is 0.390 e. The molecule has 4 atom stereocenters. The van der Waals surface area contributed by atoms with Crippen molar-refractivity contribution in [3.8, 4) is 0 Å². The Hall–Kier alpha value is -0.820. The Bertz CT molecular complexity index is 439. The van der Waals surface area contributed by atoms with Crippen LogP contribution in [-0.2, 0) is 0 Å². The van der Waals surface area contributed by atoms with Gasteiger partial charge in [-0.05, 0) is 56.8 Å². The second kappa shape index (κ2) is 6.52. The van der Waals surface area contributed by atoms with Gasteiger partial charge in [-0.2, -0.15) is 0 Å². The first-order valence-electron chi connectivity index (χ1n) is 8.58. The van der Waals surface area contributed by atoms with Crippen molar-refractivity contribution in [2.24, 2.45) is 23.7 Å². The van der Waals surface area contributed by atoms with Crippen LogP contribution in [0, 0.1) is 23.7 Å². The quantitative estimate of drug-likeness (QED) is 0.698. The molecule has 0 radical (unpaired) electrons. The van der Waals surface area contributed by atoms with E-state index in [2.05, 4.69) is 45.6 Å². The zero-order valence-corrected chi connectivity index (χ0v) is 14.2. The van der Waals surface area contributed by atoms with Gasteiger partial charge in [0, 0.05) is 5.92 Å². The first kappa shape index (κ1) is 16.5. The van der Waals surface area contributed by atoms with E-state index >= 15 is 0 Å². The minimum atomic E-state index is -0.545. The number of hydrogen-bond acceptors (Lipinski definition) is 1. The summed E-state index contributed by atoms with van der Waals surface area (Å²) in [6, 6.07) is 0. The van der Waals surface area contributed by atoms with Crippen molar-refractivity contribution in [3.63, 3.8) is 0 Å². The lowest BCUT2D eigenvalue weighted by Crippen LogP contribution is -2.30. The summed E-state index contributed by atoms with van der Waals surface area (Å²) in [7, 11) is 0. The fraction of sp³-hybridized carbons (Fsp3) is 0.700. The van der Waals surface area contributed by atoms with Crippen LogP contribution in [0.3, 0.4) is 0 Å². The molecule has 21 heavy (non-hydrogen) atoms. The normalized spacial score (nSPS) is 35.0. The van der Waals surface area contributed by atoms with Crippen molar-refractivity contribution in [2.45, 2.75) is 65.4 Å². The topological polar surface area (TPSA) is 20.2 Å². The molecule has 118 valence electrons. The third kappa shape index (κ3) is 3.88. The van der Waals surface area contributed by atoms with Crippen LogP contribution in [0.5, 0.6) is 0 Å². The summed E-state index contributed by atoms with van der Waals surface area (Å²) >= 11 is 0. The van der Waals surface area contributed by atoms with Crippen LogP contribution in [0.15, 0.2) is 36.0 Å². The van der Waals surface area contributed by atoms with E-state index in [0.29, 0.717) is 17.8 Å². The van der Waals surface area contributed by atoms with Gasteiger partial charge < -0.3 is 5.11 Å². The predicted octanol–water partition coefficient (Wildman–Crippen LogP) is 5.28. The van der Waals surface area contributed by atoms with Gasteiger partial charge in [0.25, 0.3) is 0 Å². The van der Waals surface area contributed by atoms with Crippen LogP contribution < -0.4 is 0 Å². The van der Waals surface area contributed by atoms with Crippen LogP contribution in [-0.4, -0.2) is 10.7 Å². The summed E-state index contributed by atoms with van der Waals surface area (Å²) in [4.78, 5) is 0. The van der Waals surface area contributed by atoms with Gasteiger partial charge in [0.15, 0.2) is 0 Å². The summed E-state index contributed by atoms with van der Waals surface area (Å²) in [5.74, 6) is 1.97. The van der Waals surface area contributed by atoms with Gasteiger partial charge in [-0.15, -0.1) is 0 Å². The highest BCUT2D eigenvalue weighted by Crippen LogP contribution is 2.48. The number of allylic oxidation sites excluding steroid dienone is 4. The molecule has 1 heteroatoms. The molecule has 0 aliphatic heterocycles. The molecule has 1 nitrogen and oxygen atoms in total. The summed E-state index contributed by atoms with van der Waals surface area (Å²) < 4.78 is 0. The van der Waals surface area contributed by atoms with Crippen molar-refractivity contribution < 1.29 is 5.11 Å². The monoisotopic (exact) mass is 288 g/mol. The Balaban J connectivity index is 2.13. The summed E-state index contributed by atoms with van der Waals surface area (Å²) in [5.41, 5.74) is 2.34. The predicted molar refractivity (Wildman–Crippen MR) is 91.1 cm³/mol. The highest BCUT2D eigenvalue weighted by atomic mass is 16.3. The maximum Gasteiger partial charge on any atom is 0.0688 e. The number of aliphatic hydroxyl groups is 1. The van der Waals surface area contributed by atoms with Crippen molar-refractivity contribution >= 4 is 0 Å². The number of rotatable bonds is 4. The Morgan fingerprint density at radius 3 is 2.76 bits per heavy atom. The Kier molecular flexibility index (Phi) is 5.14. The van der Waals surface area contributed by atoms with E-state index in [1.165, 1.54) is 11.1 Å². The van der Waals surface area contributed by atoms with Crippen molar-refractivity contribution in [1.82, 2.24) is 0 Å². The van der Waals surface area contributed by atoms with Gasteiger partial charge >= 0.3 is 0 Å². The number of hydrogen-bond donors (Lipinski definition) is 1. The highest BCUT2D eigenvalue weighted by molar-refractivity contribution is 5.24. The van der Waals surface area contributed by atoms with Crippen LogP contribution in [0.4, 0.5) is 0 Å². The smallest absolute Gasteiger partial charge is 0.0688 e. The van der Waals surface area contributed by atoms with Crippen molar-refractivity contribution in [3.05, 3.63) is 36.0 Å². The van der Waals surface area contributed by atoms with E-state index in [9.17, 15) is 5.11 Å². The molecule has 0 amide bonds. The van der Waals surface area contributed by atoms with Crippen LogP contribution >= 0.6 is 0 Å². The van der Waals surface area contributed by atoms with Crippen LogP contribution in [0.1, 0.15) is 59.8 Å². The lowest BCUT2D eigenvalue weighted by Gasteiger charge is -2.27. The number of fused-ring (bicyclic) bond motifs is 1. The average molecular weight is 288 g/mol. The van der Waals surface area contributed by atoms with Gasteiger partial charge in [0.1, 0.15) is 0 Å². The Morgan fingerprint density at radius 2 is 2.10 bits per heavy atom. The molecule has 0 heterocycles. The molecular formula is C20H32O. The molecule has 0 spiro atoms. The van der Waals surface area contributed by atoms with Crippen molar-refractivity contribution in [2.75, 3.05) is 0 Å². The zero-order chi connectivity index (χ0) is 15.6. The molecule has 2 aliphatic carbocycles. The van der Waals surface area contributed by atoms with Gasteiger partial charge in [-0.3, -0.25) is 0 Å². The second-order valence-electron chi connectivity index (χ2n) is 7.74. The minimum Gasteiger partial charge on any atom is -0.390 e. The van der Waals surface area contributed by atoms with Crippen molar-refractivity contribution in [1.29, 1.82) is 0 Å². The maximum absolute atomic E-state index is 10.7. The van der Waals surface area contributed by atoms with Crippen LogP contribution in [0.2, 0.25) is 0 Å². The van der Waals surface area contributed by atoms with E-state index in [0.717, 1.165) is 32.1 Å². The lowest BCUT2D eigenvalue weighted by atomic mass is 9.83. The highest BCUT2D eigenvalue weighted by Gasteiger charge is 2.44. The van der Waals surface area contributed by atoms with E-state index in [4.69, 9.17) is 0 Å². The SMILES string of the molecule is C=C1CCC([C@@H](C)C/C=C/C(C)C)=C[C@@H]2[C@@H]1CC[C@@]2(C)O. The molecule has 1 N–H and O–H groups in total. The fourth-order valence-corrected chi connectivity index (χ4v) is 3.90. The van der Waals surface area contributed by atoms with Gasteiger partial charge in [0.2, 0.25) is 0 Å². The Morgan fingerprint density at radius 1 is 1.38 bits per heavy atom. The van der Waals surface area contributed by atoms with Gasteiger partial charge in [-0.25, -0.2) is 0 Å². The fourth-order valence-electron chi connectivity index (χ4n) is 3.90. The molecule has 0 bridgehead atoms. The molecule has 0 aromatic carbocycles. The molecule has 2 aliphatic rings. The van der Waals surface area contributed by atoms with Crippen LogP contribution in [0.25, 0.3) is 0 Å². The molecule has 0 aromatic heterocycles. The molecular weight excluding hydrogens is 256 g/mol. The van der Waals surface area contributed by atoms with E-state index < -0.39 is 5.60 Å². The summed E-state index contributed by atoms with van der Waals surface area (Å²) in [5, 5.41) is 10.7. The standard InChI is InChI=1S/C20H32O/c1-14(2)7-6-8-15(3)17-10-9-16(4)18-11-12-20(5,21)19(18)13-17/h6-7,13-15,18-19,21H,4,8-12H2,1-3,5H3/b7-6+/t15-,18+,19+,20+/m0/s1. The first-order chi connectivity index (χ1) is 9.81. The average Bonchev–Trinajstić information content (AvgIpc) is 2.57. The molecule has 0 aromatic rings. The third-order valence-electron chi connectivity index (χ3n) is 5.41. The Labute approximate surface area is 130 Å². The minimum absolute atomic E-state index is 0.277. The lowest BCUT2D eigenvalue weighted by molar-refractivity contribution is 0.0330. The molecule has 1 saturated carbocycles. The molecule has 2 rings (SSSR count). The molecule has 0 unspecified atom stereocenters. The second-order valence-corrected chi connectivity index (χ2v) is 7.74. The summed E-state index contributed by atoms with van der Waals surface area (Å²) in [6.45, 7) is 13.1. The maximum atomic E-state index is 10.7. The van der Waals surface area contributed by atoms with E-state index in [1.807, 2.05) is 6.92 Å². The van der Waals surface area contributed by atoms with Gasteiger partial charge in [0.05, 0.1) is 5.60 Å². The van der Waals surface area contributed by atoms with Gasteiger partial charge in [-0.1, -0.05) is 56.7 Å². The zero-order valence-electron chi connectivity index (χ0n) is 14.2. The van der Waals surface area contributed by atoms with E-state index in [1.54, 1.807) is 0 Å². The molecule has 0 saturated heterocycles. The first-order valence-corrected chi connectivity index (χ1v) is 8.58. The van der Waals surface area contributed by atoms with E-state index in [-0.39, 0.29) is 5.92 Å². The molecule has 1 fully saturated rings. The summed E-state index contributed by atoms with van der Waals surface area (Å²) in [6.07, 6.45) is 12.4. The third-order valence-corrected chi connectivity index (χ3v) is 5.41.